The first-order valence-corrected chi connectivity index (χ1v) is 7.70. The first-order chi connectivity index (χ1) is 9.12. The monoisotopic (exact) mass is 296 g/mol. The Hall–Kier alpha value is -1.86. The van der Waals surface area contributed by atoms with Gasteiger partial charge in [0.25, 0.3) is 10.0 Å². The van der Waals surface area contributed by atoms with Crippen LogP contribution < -0.4 is 9.57 Å². The lowest BCUT2D eigenvalue weighted by Gasteiger charge is -2.00. The molecule has 0 aliphatic rings. The van der Waals surface area contributed by atoms with Crippen LogP contribution in [0.2, 0.25) is 0 Å². The minimum atomic E-state index is -3.55. The maximum Gasteiger partial charge on any atom is 0.286 e. The van der Waals surface area contributed by atoms with Crippen LogP contribution >= 0.6 is 11.3 Å². The molecule has 0 aliphatic carbocycles. The van der Waals surface area contributed by atoms with Gasteiger partial charge in [0.2, 0.25) is 0 Å². The third kappa shape index (κ3) is 3.55. The molecule has 1 aromatic heterocycles. The predicted molar refractivity (Wildman–Crippen MR) is 75.2 cm³/mol. The summed E-state index contributed by atoms with van der Waals surface area (Å²) >= 11 is 1.14. The van der Waals surface area contributed by atoms with Crippen LogP contribution in [0.5, 0.6) is 5.75 Å². The molecule has 0 saturated carbocycles. The number of nitrogens with zero attached hydrogens (tertiary/aromatic N) is 1. The summed E-state index contributed by atoms with van der Waals surface area (Å²) < 4.78 is 28.8. The highest BCUT2D eigenvalue weighted by Crippen LogP contribution is 2.15. The van der Waals surface area contributed by atoms with Gasteiger partial charge in [-0.2, -0.15) is 18.4 Å². The lowest BCUT2D eigenvalue weighted by Crippen LogP contribution is -2.17. The third-order valence-electron chi connectivity index (χ3n) is 2.26. The Labute approximate surface area is 115 Å². The van der Waals surface area contributed by atoms with Crippen molar-refractivity contribution in [2.24, 2.45) is 5.10 Å². The smallest absolute Gasteiger partial charge is 0.286 e. The number of ether oxygens (including phenoxy) is 1. The molecule has 0 bridgehead atoms. The van der Waals surface area contributed by atoms with Crippen LogP contribution in [0.25, 0.3) is 0 Å². The van der Waals surface area contributed by atoms with E-state index in [0.717, 1.165) is 22.6 Å². The van der Waals surface area contributed by atoms with E-state index in [1.54, 1.807) is 42.8 Å². The van der Waals surface area contributed by atoms with Crippen molar-refractivity contribution in [3.05, 3.63) is 47.3 Å². The highest BCUT2D eigenvalue weighted by Gasteiger charge is 2.12. The van der Waals surface area contributed by atoms with E-state index in [1.165, 1.54) is 12.3 Å². The van der Waals surface area contributed by atoms with Crippen LogP contribution in [0.4, 0.5) is 0 Å². The Morgan fingerprint density at radius 1 is 1.26 bits per heavy atom. The molecule has 0 amide bonds. The fourth-order valence-corrected chi connectivity index (χ4v) is 3.09. The van der Waals surface area contributed by atoms with E-state index in [-0.39, 0.29) is 4.21 Å². The molecule has 0 atom stereocenters. The first-order valence-electron chi connectivity index (χ1n) is 5.34. The molecule has 0 radical (unpaired) electrons. The molecule has 2 rings (SSSR count). The zero-order valence-electron chi connectivity index (χ0n) is 10.1. The van der Waals surface area contributed by atoms with Gasteiger partial charge in [0, 0.05) is 0 Å². The largest absolute Gasteiger partial charge is 0.497 e. The van der Waals surface area contributed by atoms with Crippen molar-refractivity contribution in [3.63, 3.8) is 0 Å². The van der Waals surface area contributed by atoms with E-state index in [2.05, 4.69) is 9.93 Å². The van der Waals surface area contributed by atoms with E-state index in [4.69, 9.17) is 4.74 Å². The van der Waals surface area contributed by atoms with Crippen LogP contribution in [0.3, 0.4) is 0 Å². The number of hydrazone groups is 1. The van der Waals surface area contributed by atoms with Gasteiger partial charge in [0.1, 0.15) is 9.96 Å². The third-order valence-corrected chi connectivity index (χ3v) is 4.88. The zero-order valence-corrected chi connectivity index (χ0v) is 11.7. The molecular formula is C12H12N2O3S2. The average Bonchev–Trinajstić information content (AvgIpc) is 2.94. The van der Waals surface area contributed by atoms with Gasteiger partial charge in [-0.15, -0.1) is 11.3 Å². The summed E-state index contributed by atoms with van der Waals surface area (Å²) in [5.41, 5.74) is 0.773. The molecule has 0 fully saturated rings. The number of hydrogen-bond donors (Lipinski definition) is 1. The van der Waals surface area contributed by atoms with Crippen LogP contribution in [-0.4, -0.2) is 21.7 Å². The molecule has 0 unspecified atom stereocenters. The summed E-state index contributed by atoms with van der Waals surface area (Å²) in [5.74, 6) is 0.733. The lowest BCUT2D eigenvalue weighted by atomic mass is 10.2. The van der Waals surface area contributed by atoms with Crippen molar-refractivity contribution in [3.8, 4) is 5.75 Å². The van der Waals surface area contributed by atoms with Crippen molar-refractivity contribution in [1.29, 1.82) is 0 Å². The number of benzene rings is 1. The SMILES string of the molecule is COc1ccc(/C=N/NS(=O)(=O)c2cccs2)cc1. The van der Waals surface area contributed by atoms with E-state index in [9.17, 15) is 8.42 Å². The Balaban J connectivity index is 2.03. The van der Waals surface area contributed by atoms with Crippen LogP contribution in [0, 0.1) is 0 Å². The molecule has 1 N–H and O–H groups in total. The van der Waals surface area contributed by atoms with Gasteiger partial charge >= 0.3 is 0 Å². The number of rotatable bonds is 5. The van der Waals surface area contributed by atoms with Crippen LogP contribution in [0.15, 0.2) is 51.1 Å². The molecular weight excluding hydrogens is 284 g/mol. The molecule has 2 aromatic rings. The minimum Gasteiger partial charge on any atom is -0.497 e. The summed E-state index contributed by atoms with van der Waals surface area (Å²) in [6.45, 7) is 0. The Morgan fingerprint density at radius 2 is 2.00 bits per heavy atom. The maximum absolute atomic E-state index is 11.7. The molecule has 7 heteroatoms. The van der Waals surface area contributed by atoms with Crippen molar-refractivity contribution < 1.29 is 13.2 Å². The standard InChI is InChI=1S/C12H12N2O3S2/c1-17-11-6-4-10(5-7-11)9-13-14-19(15,16)12-3-2-8-18-12/h2-9,14H,1H3/b13-9+. The van der Waals surface area contributed by atoms with Crippen molar-refractivity contribution in [2.75, 3.05) is 7.11 Å². The maximum atomic E-state index is 11.7. The second-order valence-electron chi connectivity index (χ2n) is 3.56. The van der Waals surface area contributed by atoms with Gasteiger partial charge in [-0.05, 0) is 41.3 Å². The summed E-state index contributed by atoms with van der Waals surface area (Å²) in [6.07, 6.45) is 1.44. The molecule has 1 heterocycles. The highest BCUT2D eigenvalue weighted by molar-refractivity contribution is 7.91. The summed E-state index contributed by atoms with van der Waals surface area (Å²) in [4.78, 5) is 2.16. The van der Waals surface area contributed by atoms with Gasteiger partial charge in [-0.1, -0.05) is 6.07 Å². The number of methoxy groups -OCH3 is 1. The first kappa shape index (κ1) is 13.6. The summed E-state index contributed by atoms with van der Waals surface area (Å²) in [7, 11) is -1.97. The van der Waals surface area contributed by atoms with Gasteiger partial charge in [0.15, 0.2) is 0 Å². The van der Waals surface area contributed by atoms with E-state index in [0.29, 0.717) is 0 Å². The number of thiophene rings is 1. The quantitative estimate of drug-likeness (QED) is 0.678. The Morgan fingerprint density at radius 3 is 2.58 bits per heavy atom. The van der Waals surface area contributed by atoms with Crippen LogP contribution in [-0.2, 0) is 10.0 Å². The molecule has 5 nitrogen and oxygen atoms in total. The Bertz CT molecular complexity index is 647. The fourth-order valence-electron chi connectivity index (χ4n) is 1.32. The van der Waals surface area contributed by atoms with Gasteiger partial charge in [-0.25, -0.2) is 0 Å². The zero-order chi connectivity index (χ0) is 13.7. The van der Waals surface area contributed by atoms with Crippen molar-refractivity contribution >= 4 is 27.6 Å². The summed E-state index contributed by atoms with van der Waals surface area (Å²) in [5, 5.41) is 5.42. The van der Waals surface area contributed by atoms with Gasteiger partial charge in [-0.3, -0.25) is 0 Å². The number of hydrogen-bond acceptors (Lipinski definition) is 5. The Kier molecular flexibility index (Phi) is 4.18. The molecule has 0 saturated heterocycles. The minimum absolute atomic E-state index is 0.236. The molecule has 1 aromatic carbocycles. The van der Waals surface area contributed by atoms with Crippen molar-refractivity contribution in [2.45, 2.75) is 4.21 Å². The fraction of sp³-hybridized carbons (Fsp3) is 0.0833. The second kappa shape index (κ2) is 5.85. The summed E-state index contributed by atoms with van der Waals surface area (Å²) in [6, 6.07) is 10.3. The van der Waals surface area contributed by atoms with E-state index in [1.807, 2.05) is 0 Å². The van der Waals surface area contributed by atoms with Gasteiger partial charge in [0.05, 0.1) is 13.3 Å². The topological polar surface area (TPSA) is 67.8 Å². The highest BCUT2D eigenvalue weighted by atomic mass is 32.2. The normalized spacial score (nSPS) is 11.6. The number of nitrogens with one attached hydrogen (secondary N) is 1. The predicted octanol–water partition coefficient (Wildman–Crippen LogP) is 2.07. The second-order valence-corrected chi connectivity index (χ2v) is 6.39. The lowest BCUT2D eigenvalue weighted by molar-refractivity contribution is 0.415. The molecule has 0 aliphatic heterocycles. The molecule has 0 spiro atoms. The van der Waals surface area contributed by atoms with E-state index < -0.39 is 10.0 Å². The molecule has 100 valence electrons. The molecule has 19 heavy (non-hydrogen) atoms. The van der Waals surface area contributed by atoms with Crippen LogP contribution in [0.1, 0.15) is 5.56 Å². The van der Waals surface area contributed by atoms with E-state index >= 15 is 0 Å². The number of sulfonamides is 1. The van der Waals surface area contributed by atoms with Gasteiger partial charge < -0.3 is 4.74 Å². The average molecular weight is 296 g/mol. The van der Waals surface area contributed by atoms with Crippen molar-refractivity contribution in [1.82, 2.24) is 4.83 Å².